The van der Waals surface area contributed by atoms with Gasteiger partial charge in [0.15, 0.2) is 5.16 Å². The normalized spacial score (nSPS) is 10.9. The van der Waals surface area contributed by atoms with E-state index >= 15 is 0 Å². The molecule has 8 heteroatoms. The second-order valence-corrected chi connectivity index (χ2v) is 5.01. The Morgan fingerprint density at radius 2 is 2.35 bits per heavy atom. The molecule has 0 unspecified atom stereocenters. The summed E-state index contributed by atoms with van der Waals surface area (Å²) in [6, 6.07) is 2.01. The van der Waals surface area contributed by atoms with Crippen LogP contribution in [0.25, 0.3) is 10.2 Å². The van der Waals surface area contributed by atoms with Crippen LogP contribution in [0.3, 0.4) is 0 Å². The van der Waals surface area contributed by atoms with Gasteiger partial charge in [-0.15, -0.1) is 11.3 Å². The molecule has 17 heavy (non-hydrogen) atoms. The van der Waals surface area contributed by atoms with Crippen molar-refractivity contribution in [2.45, 2.75) is 10.2 Å². The number of nitrogens with one attached hydrogen (secondary N) is 2. The zero-order valence-electron chi connectivity index (χ0n) is 8.84. The maximum absolute atomic E-state index is 4.43. The molecule has 0 saturated heterocycles. The lowest BCUT2D eigenvalue weighted by Crippen LogP contribution is -1.97. The van der Waals surface area contributed by atoms with Crippen LogP contribution < -0.4 is 5.32 Å². The van der Waals surface area contributed by atoms with Gasteiger partial charge in [-0.1, -0.05) is 0 Å². The van der Waals surface area contributed by atoms with E-state index in [-0.39, 0.29) is 0 Å². The maximum Gasteiger partial charge on any atom is 0.224 e. The highest BCUT2D eigenvalue weighted by molar-refractivity contribution is 7.99. The second-order valence-electron chi connectivity index (χ2n) is 3.13. The summed E-state index contributed by atoms with van der Waals surface area (Å²) in [5.74, 6) is 0.613. The number of anilines is 1. The van der Waals surface area contributed by atoms with Crippen LogP contribution in [-0.4, -0.2) is 32.2 Å². The van der Waals surface area contributed by atoms with Gasteiger partial charge in [0.1, 0.15) is 16.2 Å². The Hall–Kier alpha value is -1.67. The first-order valence-corrected chi connectivity index (χ1v) is 6.52. The van der Waals surface area contributed by atoms with Crippen LogP contribution in [-0.2, 0) is 0 Å². The van der Waals surface area contributed by atoms with E-state index < -0.39 is 0 Å². The number of hydrogen-bond acceptors (Lipinski definition) is 7. The minimum Gasteiger partial charge on any atom is -0.357 e. The molecule has 3 heterocycles. The summed E-state index contributed by atoms with van der Waals surface area (Å²) >= 11 is 3.04. The Morgan fingerprint density at radius 3 is 3.12 bits per heavy atom. The van der Waals surface area contributed by atoms with Crippen LogP contribution in [0.4, 0.5) is 5.95 Å². The molecular formula is C9H8N6S2. The van der Waals surface area contributed by atoms with Crippen molar-refractivity contribution in [2.75, 3.05) is 12.4 Å². The topological polar surface area (TPSA) is 79.4 Å². The Bertz CT molecular complexity index is 632. The number of thiophene rings is 1. The predicted octanol–water partition coefficient (Wildman–Crippen LogP) is 2.00. The number of fused-ring (bicyclic) bond motifs is 1. The Labute approximate surface area is 105 Å². The zero-order valence-corrected chi connectivity index (χ0v) is 10.5. The van der Waals surface area contributed by atoms with Crippen molar-refractivity contribution in [3.8, 4) is 0 Å². The van der Waals surface area contributed by atoms with Crippen LogP contribution in [0.5, 0.6) is 0 Å². The van der Waals surface area contributed by atoms with Gasteiger partial charge < -0.3 is 5.32 Å². The molecule has 0 aliphatic rings. The summed E-state index contributed by atoms with van der Waals surface area (Å²) in [5.41, 5.74) is 0. The van der Waals surface area contributed by atoms with Gasteiger partial charge in [-0.05, 0) is 23.2 Å². The molecule has 3 aromatic rings. The molecular weight excluding hydrogens is 256 g/mol. The third-order valence-electron chi connectivity index (χ3n) is 2.10. The van der Waals surface area contributed by atoms with E-state index in [9.17, 15) is 0 Å². The summed E-state index contributed by atoms with van der Waals surface area (Å²) in [7, 11) is 1.80. The van der Waals surface area contributed by atoms with Crippen molar-refractivity contribution < 1.29 is 0 Å². The fourth-order valence-corrected chi connectivity index (χ4v) is 2.97. The monoisotopic (exact) mass is 264 g/mol. The lowest BCUT2D eigenvalue weighted by Gasteiger charge is -2.02. The van der Waals surface area contributed by atoms with Gasteiger partial charge in [-0.25, -0.2) is 15.0 Å². The first-order chi connectivity index (χ1) is 8.36. The summed E-state index contributed by atoms with van der Waals surface area (Å²) in [6.07, 6.45) is 1.48. The first kappa shape index (κ1) is 10.5. The highest BCUT2D eigenvalue weighted by Crippen LogP contribution is 2.32. The molecule has 2 N–H and O–H groups in total. The molecule has 0 saturated carbocycles. The summed E-state index contributed by atoms with van der Waals surface area (Å²) in [6.45, 7) is 0. The largest absolute Gasteiger partial charge is 0.357 e. The van der Waals surface area contributed by atoms with Crippen molar-refractivity contribution >= 4 is 39.3 Å². The molecule has 0 radical (unpaired) electrons. The lowest BCUT2D eigenvalue weighted by molar-refractivity contribution is 0.968. The fraction of sp³-hybridized carbons (Fsp3) is 0.111. The first-order valence-electron chi connectivity index (χ1n) is 4.83. The fourth-order valence-electron chi connectivity index (χ4n) is 1.35. The van der Waals surface area contributed by atoms with Gasteiger partial charge in [0.2, 0.25) is 5.95 Å². The predicted molar refractivity (Wildman–Crippen MR) is 67.5 cm³/mol. The van der Waals surface area contributed by atoms with Crippen molar-refractivity contribution in [1.82, 2.24) is 25.1 Å². The lowest BCUT2D eigenvalue weighted by atomic mass is 10.4. The van der Waals surface area contributed by atoms with Gasteiger partial charge in [0.05, 0.1) is 0 Å². The molecule has 0 fully saturated rings. The molecule has 86 valence electrons. The average Bonchev–Trinajstić information content (AvgIpc) is 2.98. The number of rotatable bonds is 3. The van der Waals surface area contributed by atoms with Crippen LogP contribution in [0, 0.1) is 0 Å². The number of hydrogen-bond donors (Lipinski definition) is 2. The Morgan fingerprint density at radius 1 is 1.41 bits per heavy atom. The van der Waals surface area contributed by atoms with Gasteiger partial charge in [-0.2, -0.15) is 5.10 Å². The standard InChI is InChI=1S/C9H8N6S2/c1-10-8-13-6-5(2-3-16-6)7(14-8)17-9-11-4-12-15-9/h2-4H,1H3,(H,10,13,14)(H,11,12,15). The summed E-state index contributed by atoms with van der Waals surface area (Å²) in [4.78, 5) is 13.8. The quantitative estimate of drug-likeness (QED) is 0.704. The molecule has 0 amide bonds. The van der Waals surface area contributed by atoms with Crippen molar-refractivity contribution in [3.05, 3.63) is 17.8 Å². The third kappa shape index (κ3) is 1.96. The average molecular weight is 264 g/mol. The number of aromatic nitrogens is 5. The van der Waals surface area contributed by atoms with E-state index in [1.807, 2.05) is 11.4 Å². The number of nitrogens with zero attached hydrogens (tertiary/aromatic N) is 4. The molecule has 0 aliphatic heterocycles. The summed E-state index contributed by atoms with van der Waals surface area (Å²) in [5, 5.41) is 14.2. The molecule has 0 bridgehead atoms. The van der Waals surface area contributed by atoms with Crippen LogP contribution >= 0.6 is 23.1 Å². The van der Waals surface area contributed by atoms with Crippen LogP contribution in [0.2, 0.25) is 0 Å². The van der Waals surface area contributed by atoms with E-state index in [0.29, 0.717) is 5.95 Å². The van der Waals surface area contributed by atoms with Gasteiger partial charge in [-0.3, -0.25) is 5.10 Å². The summed E-state index contributed by atoms with van der Waals surface area (Å²) < 4.78 is 0. The minimum absolute atomic E-state index is 0.613. The smallest absolute Gasteiger partial charge is 0.224 e. The Balaban J connectivity index is 2.10. The van der Waals surface area contributed by atoms with Crippen LogP contribution in [0.1, 0.15) is 0 Å². The number of H-pyrrole nitrogens is 1. The molecule has 0 aromatic carbocycles. The zero-order chi connectivity index (χ0) is 11.7. The van der Waals surface area contributed by atoms with Crippen LogP contribution in [0.15, 0.2) is 28.0 Å². The highest BCUT2D eigenvalue weighted by atomic mass is 32.2. The van der Waals surface area contributed by atoms with Gasteiger partial charge in [0, 0.05) is 12.4 Å². The van der Waals surface area contributed by atoms with E-state index in [1.165, 1.54) is 18.1 Å². The molecule has 0 aliphatic carbocycles. The minimum atomic E-state index is 0.613. The van der Waals surface area contributed by atoms with Crippen molar-refractivity contribution in [1.29, 1.82) is 0 Å². The third-order valence-corrected chi connectivity index (χ3v) is 3.80. The Kier molecular flexibility index (Phi) is 2.65. The molecule has 6 nitrogen and oxygen atoms in total. The van der Waals surface area contributed by atoms with E-state index in [0.717, 1.165) is 20.4 Å². The maximum atomic E-state index is 4.43. The van der Waals surface area contributed by atoms with Crippen molar-refractivity contribution in [3.63, 3.8) is 0 Å². The van der Waals surface area contributed by atoms with E-state index in [1.54, 1.807) is 18.4 Å². The van der Waals surface area contributed by atoms with E-state index in [4.69, 9.17) is 0 Å². The highest BCUT2D eigenvalue weighted by Gasteiger charge is 2.10. The van der Waals surface area contributed by atoms with Crippen molar-refractivity contribution in [2.24, 2.45) is 0 Å². The molecule has 0 spiro atoms. The molecule has 0 atom stereocenters. The van der Waals surface area contributed by atoms with E-state index in [2.05, 4.69) is 30.5 Å². The molecule has 3 rings (SSSR count). The number of aromatic amines is 1. The second kappa shape index (κ2) is 4.30. The van der Waals surface area contributed by atoms with Gasteiger partial charge in [0.25, 0.3) is 0 Å². The van der Waals surface area contributed by atoms with Gasteiger partial charge >= 0.3 is 0 Å². The molecule has 3 aromatic heterocycles. The SMILES string of the molecule is CNc1nc(Sc2ncn[nH]2)c2ccsc2n1.